The summed E-state index contributed by atoms with van der Waals surface area (Å²) in [4.78, 5) is 39.3. The molecule has 0 fully saturated rings. The van der Waals surface area contributed by atoms with Crippen LogP contribution >= 0.6 is 0 Å². The zero-order chi connectivity index (χ0) is 46.5. The normalized spacial score (nSPS) is 9.97. The van der Waals surface area contributed by atoms with Gasteiger partial charge >= 0.3 is 24.3 Å². The average molecular weight is 1460 g/mol. The first-order chi connectivity index (χ1) is 30.5. The summed E-state index contributed by atoms with van der Waals surface area (Å²) in [6.45, 7) is 0. The second kappa shape index (κ2) is 29.4. The van der Waals surface area contributed by atoms with Crippen LogP contribution < -0.4 is 0 Å². The Morgan fingerprint density at radius 3 is 1.30 bits per heavy atom. The van der Waals surface area contributed by atoms with Gasteiger partial charge in [-0.1, -0.05) is 60.2 Å². The fraction of sp³-hybridized carbons (Fsp3) is 0.0426. The Morgan fingerprint density at radius 2 is 0.940 bits per heavy atom. The number of nitrogens with zero attached hydrogens (tertiary/aromatic N) is 5. The molecule has 0 aliphatic heterocycles. The van der Waals surface area contributed by atoms with E-state index in [1.165, 1.54) is 48.9 Å². The Bertz CT molecular complexity index is 2550. The topological polar surface area (TPSA) is 139 Å². The minimum Gasteiger partial charge on any atom is -0.477 e. The van der Waals surface area contributed by atoms with Crippen molar-refractivity contribution in [1.29, 1.82) is 0 Å². The summed E-state index contributed by atoms with van der Waals surface area (Å²) in [5.74, 6) is -3.27. The van der Waals surface area contributed by atoms with Crippen LogP contribution in [-0.4, -0.2) is 47.1 Å². The van der Waals surface area contributed by atoms with E-state index in [1.807, 2.05) is 48.5 Å². The van der Waals surface area contributed by atoms with Crippen molar-refractivity contribution >= 4 is 11.9 Å². The average Bonchev–Trinajstić information content (AvgIpc) is 3.31. The molecule has 0 atom stereocenters. The van der Waals surface area contributed by atoms with Crippen molar-refractivity contribution in [2.45, 2.75) is 12.4 Å². The van der Waals surface area contributed by atoms with E-state index in [0.717, 1.165) is 23.4 Å². The molecule has 3 aromatic carbocycles. The zero-order valence-corrected chi connectivity index (χ0v) is 40.8. The van der Waals surface area contributed by atoms with Gasteiger partial charge in [0.15, 0.2) is 0 Å². The van der Waals surface area contributed by atoms with E-state index < -0.39 is 47.1 Å². The number of hydrogen-bond acceptors (Lipinski definition) is 7. The summed E-state index contributed by atoms with van der Waals surface area (Å²) in [5.41, 5.74) is -0.419. The molecule has 0 amide bonds. The number of alkyl halides is 6. The molecular formula is C47H30F8Ir3N5O4-3. The summed E-state index contributed by atoms with van der Waals surface area (Å²) < 4.78 is 102. The van der Waals surface area contributed by atoms with Gasteiger partial charge in [-0.15, -0.1) is 71.8 Å². The van der Waals surface area contributed by atoms with Crippen molar-refractivity contribution in [3.63, 3.8) is 0 Å². The van der Waals surface area contributed by atoms with Crippen molar-refractivity contribution in [2.75, 3.05) is 0 Å². The molecule has 353 valence electrons. The standard InChI is InChI=1S/C13H6F6N.C11H6F2N.C11H8N.2C6H5NO2.3Ir/c14-12(15,16)9-5-8(11-3-1-2-4-20-11)6-10(7-9)13(17,18)19;12-8-4-5-9(10(13)7-8)11-3-1-2-6-14-11;1-2-6-10(7-3-1)11-8-4-5-9-12-11;2*8-6(9)5-3-1-2-4-7-5;;;/h1-5,7H;1-4,6-7H;1-6,8-9H;2*1-4H,(H,8,9);;;/q3*-1;;;;;. The number of carbonyl (C=O) groups is 2. The van der Waals surface area contributed by atoms with Gasteiger partial charge in [-0.3, -0.25) is 8.78 Å². The predicted octanol–water partition coefficient (Wildman–Crippen LogP) is 11.5. The third-order valence-corrected chi connectivity index (χ3v) is 7.64. The van der Waals surface area contributed by atoms with Crippen molar-refractivity contribution < 1.29 is 115 Å². The first-order valence-electron chi connectivity index (χ1n) is 18.1. The van der Waals surface area contributed by atoms with Gasteiger partial charge in [0, 0.05) is 103 Å². The van der Waals surface area contributed by atoms with Crippen LogP contribution in [0.15, 0.2) is 171 Å². The smallest absolute Gasteiger partial charge is 0.399 e. The van der Waals surface area contributed by atoms with Crippen LogP contribution in [0.1, 0.15) is 32.1 Å². The SMILES string of the molecule is FC(F)(F)c1[c-]c(-c2ccccn2)cc(C(F)(F)F)c1.Fc1c[c-]c(-c2ccccn2)c(F)c1.O=C(O)c1ccccn1.O=C(O)c1ccccn1.[Ir].[Ir].[Ir].[c-]1ccccc1-c1ccccn1. The summed E-state index contributed by atoms with van der Waals surface area (Å²) in [5, 5.41) is 16.6. The minimum atomic E-state index is -4.91. The van der Waals surface area contributed by atoms with Gasteiger partial charge in [0.2, 0.25) is 0 Å². The number of aromatic nitrogens is 5. The van der Waals surface area contributed by atoms with Crippen LogP contribution in [0.4, 0.5) is 35.1 Å². The van der Waals surface area contributed by atoms with Crippen LogP contribution in [0, 0.1) is 29.8 Å². The van der Waals surface area contributed by atoms with Crippen molar-refractivity contribution in [2.24, 2.45) is 0 Å². The van der Waals surface area contributed by atoms with Crippen molar-refractivity contribution in [1.82, 2.24) is 24.9 Å². The molecule has 8 aromatic rings. The van der Waals surface area contributed by atoms with Crippen LogP contribution in [0.5, 0.6) is 0 Å². The maximum atomic E-state index is 13.2. The van der Waals surface area contributed by atoms with Gasteiger partial charge in [0.05, 0.1) is 0 Å². The summed E-state index contributed by atoms with van der Waals surface area (Å²) >= 11 is 0. The molecule has 0 saturated heterocycles. The van der Waals surface area contributed by atoms with Gasteiger partial charge in [0.25, 0.3) is 0 Å². The molecule has 0 bridgehead atoms. The van der Waals surface area contributed by atoms with Gasteiger partial charge in [-0.2, -0.15) is 26.3 Å². The first-order valence-corrected chi connectivity index (χ1v) is 18.1. The number of carboxylic acids is 2. The Kier molecular flexibility index (Phi) is 25.8. The molecule has 8 rings (SSSR count). The van der Waals surface area contributed by atoms with E-state index in [2.05, 4.69) is 37.1 Å². The molecule has 5 aromatic heterocycles. The fourth-order valence-corrected chi connectivity index (χ4v) is 4.75. The Hall–Kier alpha value is -6.26. The minimum absolute atomic E-state index is 0. The number of aromatic carboxylic acids is 2. The monoisotopic (exact) mass is 1460 g/mol. The number of pyridine rings is 5. The van der Waals surface area contributed by atoms with Crippen LogP contribution in [0.3, 0.4) is 0 Å². The third-order valence-electron chi connectivity index (χ3n) is 7.64. The largest absolute Gasteiger partial charge is 0.477 e. The number of benzene rings is 3. The fourth-order valence-electron chi connectivity index (χ4n) is 4.75. The second-order valence-corrected chi connectivity index (χ2v) is 12.2. The van der Waals surface area contributed by atoms with E-state index in [4.69, 9.17) is 10.2 Å². The van der Waals surface area contributed by atoms with Gasteiger partial charge < -0.3 is 25.2 Å². The predicted molar refractivity (Wildman–Crippen MR) is 218 cm³/mol. The molecule has 0 unspecified atom stereocenters. The molecule has 3 radical (unpaired) electrons. The molecule has 2 N–H and O–H groups in total. The molecule has 0 spiro atoms. The first kappa shape index (κ1) is 58.8. The molecule has 0 aliphatic rings. The summed E-state index contributed by atoms with van der Waals surface area (Å²) in [7, 11) is 0. The summed E-state index contributed by atoms with van der Waals surface area (Å²) in [6, 6.07) is 42.7. The molecule has 5 heterocycles. The van der Waals surface area contributed by atoms with Crippen LogP contribution in [0.2, 0.25) is 0 Å². The molecule has 0 aliphatic carbocycles. The zero-order valence-electron chi connectivity index (χ0n) is 33.6. The maximum absolute atomic E-state index is 13.2. The van der Waals surface area contributed by atoms with Crippen LogP contribution in [-0.2, 0) is 72.7 Å². The Labute approximate surface area is 418 Å². The van der Waals surface area contributed by atoms with Crippen LogP contribution in [0.25, 0.3) is 33.8 Å². The number of halogens is 8. The van der Waals surface area contributed by atoms with Gasteiger partial charge in [0.1, 0.15) is 11.4 Å². The summed E-state index contributed by atoms with van der Waals surface area (Å²) in [6.07, 6.45) is -2.28. The maximum Gasteiger partial charge on any atom is 0.399 e. The van der Waals surface area contributed by atoms with Gasteiger partial charge in [-0.05, 0) is 70.7 Å². The van der Waals surface area contributed by atoms with E-state index in [1.54, 1.807) is 54.9 Å². The molecular weight excluding hydrogens is 1430 g/mol. The van der Waals surface area contributed by atoms with Crippen molar-refractivity contribution in [3.8, 4) is 33.8 Å². The number of hydrogen-bond donors (Lipinski definition) is 2. The molecule has 9 nitrogen and oxygen atoms in total. The number of rotatable bonds is 5. The molecule has 20 heteroatoms. The van der Waals surface area contributed by atoms with E-state index >= 15 is 0 Å². The van der Waals surface area contributed by atoms with E-state index in [9.17, 15) is 44.7 Å². The third kappa shape index (κ3) is 20.4. The van der Waals surface area contributed by atoms with Crippen molar-refractivity contribution in [3.05, 3.63) is 223 Å². The molecule has 0 saturated carbocycles. The van der Waals surface area contributed by atoms with Gasteiger partial charge in [-0.25, -0.2) is 19.6 Å². The van der Waals surface area contributed by atoms with E-state index in [0.29, 0.717) is 11.8 Å². The quantitative estimate of drug-likeness (QED) is 0.127. The second-order valence-electron chi connectivity index (χ2n) is 12.2. The Morgan fingerprint density at radius 1 is 0.493 bits per heavy atom. The molecule has 67 heavy (non-hydrogen) atoms. The number of carboxylic acid groups (broad SMARTS) is 2. The Balaban J connectivity index is 0.000000428. The van der Waals surface area contributed by atoms with E-state index in [-0.39, 0.29) is 94.6 Å².